The first-order chi connectivity index (χ1) is 8.50. The Balaban J connectivity index is 2.15. The summed E-state index contributed by atoms with van der Waals surface area (Å²) in [5.74, 6) is 0. The van der Waals surface area contributed by atoms with E-state index in [9.17, 15) is 4.57 Å². The summed E-state index contributed by atoms with van der Waals surface area (Å²) in [6, 6.07) is 0. The van der Waals surface area contributed by atoms with Crippen LogP contribution < -0.4 is 5.46 Å². The molecule has 106 valence electrons. The van der Waals surface area contributed by atoms with Crippen LogP contribution in [0.15, 0.2) is 12.4 Å². The van der Waals surface area contributed by atoms with Gasteiger partial charge < -0.3 is 13.9 Å². The van der Waals surface area contributed by atoms with Gasteiger partial charge in [0.1, 0.15) is 7.14 Å². The summed E-state index contributed by atoms with van der Waals surface area (Å²) in [6.45, 7) is 11.6. The maximum absolute atomic E-state index is 11.8. The molecule has 1 aromatic heterocycles. The Morgan fingerprint density at radius 1 is 1.26 bits per heavy atom. The molecule has 2 heterocycles. The molecule has 1 saturated heterocycles. The van der Waals surface area contributed by atoms with E-state index in [1.54, 1.807) is 24.2 Å². The first-order valence-corrected chi connectivity index (χ1v) is 9.21. The van der Waals surface area contributed by atoms with E-state index in [2.05, 4.69) is 5.10 Å². The average molecular weight is 284 g/mol. The fourth-order valence-electron chi connectivity index (χ4n) is 1.91. The third-order valence-corrected chi connectivity index (χ3v) is 4.64. The van der Waals surface area contributed by atoms with Crippen molar-refractivity contribution in [3.05, 3.63) is 12.4 Å². The third-order valence-electron chi connectivity index (χ3n) is 3.66. The van der Waals surface area contributed by atoms with Gasteiger partial charge in [-0.05, 0) is 41.0 Å². The fraction of sp³-hybridized carbons (Fsp3) is 0.750. The summed E-state index contributed by atoms with van der Waals surface area (Å²) in [5.41, 5.74) is 0.155. The Kier molecular flexibility index (Phi) is 3.49. The SMILES string of the molecule is CC1(C)OB(c2cnn(CP(C)(C)=O)c2)OC1(C)C. The Morgan fingerprint density at radius 3 is 2.26 bits per heavy atom. The predicted octanol–water partition coefficient (Wildman–Crippen LogP) is 1.76. The Morgan fingerprint density at radius 2 is 1.79 bits per heavy atom. The molecule has 0 saturated carbocycles. The average Bonchev–Trinajstić information content (AvgIpc) is 2.68. The predicted molar refractivity (Wildman–Crippen MR) is 77.4 cm³/mol. The minimum atomic E-state index is -2.14. The first kappa shape index (κ1) is 14.8. The molecule has 0 atom stereocenters. The summed E-state index contributed by atoms with van der Waals surface area (Å²) in [7, 11) is -2.55. The van der Waals surface area contributed by atoms with E-state index in [1.807, 2.05) is 33.9 Å². The van der Waals surface area contributed by atoms with Crippen LogP contribution in [0, 0.1) is 0 Å². The molecular weight excluding hydrogens is 262 g/mol. The van der Waals surface area contributed by atoms with E-state index in [0.29, 0.717) is 6.29 Å². The number of rotatable bonds is 3. The van der Waals surface area contributed by atoms with Crippen LogP contribution in [-0.2, 0) is 20.2 Å². The maximum atomic E-state index is 11.8. The lowest BCUT2D eigenvalue weighted by molar-refractivity contribution is 0.00578. The van der Waals surface area contributed by atoms with Gasteiger partial charge in [-0.1, -0.05) is 0 Å². The molecular formula is C12H22BN2O3P. The number of aromatic nitrogens is 2. The lowest BCUT2D eigenvalue weighted by atomic mass is 9.82. The standard InChI is InChI=1S/C12H22BN2O3P/c1-11(2)12(3,4)18-13(17-11)10-7-14-15(8-10)9-19(5,6)16/h7-8H,9H2,1-6H3. The fourth-order valence-corrected chi connectivity index (χ4v) is 2.76. The molecule has 0 bridgehead atoms. The van der Waals surface area contributed by atoms with Crippen LogP contribution in [0.2, 0.25) is 0 Å². The van der Waals surface area contributed by atoms with Crippen molar-refractivity contribution in [2.75, 3.05) is 13.3 Å². The highest BCUT2D eigenvalue weighted by Gasteiger charge is 2.52. The molecule has 0 aromatic carbocycles. The normalized spacial score (nSPS) is 21.9. The van der Waals surface area contributed by atoms with Gasteiger partial charge in [0.15, 0.2) is 0 Å². The molecule has 19 heavy (non-hydrogen) atoms. The van der Waals surface area contributed by atoms with Gasteiger partial charge >= 0.3 is 7.12 Å². The van der Waals surface area contributed by atoms with Crippen LogP contribution in [0.1, 0.15) is 27.7 Å². The van der Waals surface area contributed by atoms with Crippen LogP contribution in [0.25, 0.3) is 0 Å². The van der Waals surface area contributed by atoms with Crippen molar-refractivity contribution < 1.29 is 13.9 Å². The first-order valence-electron chi connectivity index (χ1n) is 6.42. The zero-order valence-corrected chi connectivity index (χ0v) is 13.4. The molecule has 2 rings (SSSR count). The molecule has 5 nitrogen and oxygen atoms in total. The second-order valence-corrected chi connectivity index (χ2v) is 10.0. The summed E-state index contributed by atoms with van der Waals surface area (Å²) in [6.07, 6.45) is 4.01. The second kappa shape index (κ2) is 4.47. The zero-order valence-electron chi connectivity index (χ0n) is 12.5. The summed E-state index contributed by atoms with van der Waals surface area (Å²) in [5, 5.41) is 4.23. The Hall–Kier alpha value is -0.575. The molecule has 1 aliphatic heterocycles. The quantitative estimate of drug-likeness (QED) is 0.627. The molecule has 0 aliphatic carbocycles. The lowest BCUT2D eigenvalue weighted by Gasteiger charge is -2.32. The second-order valence-electron chi connectivity index (χ2n) is 6.62. The highest BCUT2D eigenvalue weighted by molar-refractivity contribution is 7.61. The minimum Gasteiger partial charge on any atom is -0.399 e. The molecule has 0 spiro atoms. The molecule has 1 fully saturated rings. The van der Waals surface area contributed by atoms with E-state index in [0.717, 1.165) is 5.46 Å². The summed E-state index contributed by atoms with van der Waals surface area (Å²) >= 11 is 0. The van der Waals surface area contributed by atoms with Gasteiger partial charge in [-0.15, -0.1) is 0 Å². The lowest BCUT2D eigenvalue weighted by Crippen LogP contribution is -2.41. The zero-order chi connectivity index (χ0) is 14.5. The number of hydrogen-bond donors (Lipinski definition) is 0. The molecule has 0 amide bonds. The third kappa shape index (κ3) is 3.12. The van der Waals surface area contributed by atoms with Crippen molar-refractivity contribution in [1.82, 2.24) is 9.78 Å². The molecule has 1 aromatic rings. The highest BCUT2D eigenvalue weighted by atomic mass is 31.2. The van der Waals surface area contributed by atoms with Gasteiger partial charge in [0.05, 0.1) is 17.5 Å². The van der Waals surface area contributed by atoms with Crippen LogP contribution in [0.3, 0.4) is 0 Å². The van der Waals surface area contributed by atoms with Crippen LogP contribution in [-0.4, -0.2) is 41.4 Å². The molecule has 0 radical (unpaired) electrons. The van der Waals surface area contributed by atoms with Crippen molar-refractivity contribution in [2.45, 2.75) is 45.2 Å². The van der Waals surface area contributed by atoms with Gasteiger partial charge in [0.2, 0.25) is 0 Å². The van der Waals surface area contributed by atoms with E-state index in [4.69, 9.17) is 9.31 Å². The van der Waals surface area contributed by atoms with E-state index >= 15 is 0 Å². The van der Waals surface area contributed by atoms with Gasteiger partial charge in [0.25, 0.3) is 0 Å². The monoisotopic (exact) mass is 284 g/mol. The van der Waals surface area contributed by atoms with Crippen molar-refractivity contribution in [3.8, 4) is 0 Å². The van der Waals surface area contributed by atoms with Crippen LogP contribution >= 0.6 is 7.14 Å². The van der Waals surface area contributed by atoms with Crippen molar-refractivity contribution in [1.29, 1.82) is 0 Å². The van der Waals surface area contributed by atoms with Crippen molar-refractivity contribution in [2.24, 2.45) is 0 Å². The largest absolute Gasteiger partial charge is 0.498 e. The topological polar surface area (TPSA) is 53.4 Å². The van der Waals surface area contributed by atoms with Gasteiger partial charge in [-0.25, -0.2) is 0 Å². The molecule has 0 N–H and O–H groups in total. The van der Waals surface area contributed by atoms with Gasteiger partial charge in [-0.2, -0.15) is 5.10 Å². The molecule has 0 unspecified atom stereocenters. The van der Waals surface area contributed by atoms with E-state index < -0.39 is 14.3 Å². The van der Waals surface area contributed by atoms with E-state index in [1.165, 1.54) is 0 Å². The number of nitrogens with zero attached hydrogens (tertiary/aromatic N) is 2. The van der Waals surface area contributed by atoms with Crippen LogP contribution in [0.5, 0.6) is 0 Å². The summed E-state index contributed by atoms with van der Waals surface area (Å²) in [4.78, 5) is 0. The Labute approximate surface area is 115 Å². The molecule has 1 aliphatic rings. The highest BCUT2D eigenvalue weighted by Crippen LogP contribution is 2.38. The van der Waals surface area contributed by atoms with E-state index in [-0.39, 0.29) is 11.2 Å². The Bertz CT molecular complexity index is 505. The van der Waals surface area contributed by atoms with Crippen LogP contribution in [0.4, 0.5) is 0 Å². The summed E-state index contributed by atoms with van der Waals surface area (Å²) < 4.78 is 25.4. The molecule has 7 heteroatoms. The van der Waals surface area contributed by atoms with Gasteiger partial charge in [0, 0.05) is 17.9 Å². The van der Waals surface area contributed by atoms with Crippen molar-refractivity contribution in [3.63, 3.8) is 0 Å². The van der Waals surface area contributed by atoms with Gasteiger partial charge in [-0.3, -0.25) is 4.68 Å². The minimum absolute atomic E-state index is 0.357. The van der Waals surface area contributed by atoms with Crippen molar-refractivity contribution >= 4 is 19.7 Å². The smallest absolute Gasteiger partial charge is 0.399 e. The maximum Gasteiger partial charge on any atom is 0.498 e. The number of hydrogen-bond acceptors (Lipinski definition) is 4.